The number of aliphatic imine (C=N–C) groups is 1. The maximum atomic E-state index is 5.39. The molecule has 4 nitrogen and oxygen atoms in total. The van der Waals surface area contributed by atoms with Gasteiger partial charge in [0.1, 0.15) is 0 Å². The third kappa shape index (κ3) is 5.28. The summed E-state index contributed by atoms with van der Waals surface area (Å²) in [5.74, 6) is 9.40. The van der Waals surface area contributed by atoms with E-state index in [9.17, 15) is 0 Å². The largest absolute Gasteiger partial charge is 0.353 e. The van der Waals surface area contributed by atoms with Crippen LogP contribution in [0.15, 0.2) is 4.99 Å². The maximum absolute atomic E-state index is 5.39. The van der Waals surface area contributed by atoms with E-state index >= 15 is 0 Å². The lowest BCUT2D eigenvalue weighted by atomic mass is 10.0. The van der Waals surface area contributed by atoms with Crippen molar-refractivity contribution in [1.29, 1.82) is 0 Å². The summed E-state index contributed by atoms with van der Waals surface area (Å²) in [7, 11) is 0. The van der Waals surface area contributed by atoms with Crippen molar-refractivity contribution in [3.8, 4) is 0 Å². The van der Waals surface area contributed by atoms with Gasteiger partial charge in [0.2, 0.25) is 5.96 Å². The molecular weight excluding hydrogens is 208 g/mol. The zero-order valence-electron chi connectivity index (χ0n) is 9.62. The zero-order valence-corrected chi connectivity index (χ0v) is 10.4. The fourth-order valence-corrected chi connectivity index (χ4v) is 2.76. The molecule has 1 heterocycles. The number of guanidine groups is 1. The van der Waals surface area contributed by atoms with E-state index < -0.39 is 0 Å². The third-order valence-corrected chi connectivity index (χ3v) is 3.46. The van der Waals surface area contributed by atoms with Crippen LogP contribution in [-0.2, 0) is 0 Å². The molecule has 0 aromatic carbocycles. The fraction of sp³-hybridized carbons (Fsp3) is 0.900. The van der Waals surface area contributed by atoms with Crippen molar-refractivity contribution in [3.63, 3.8) is 0 Å². The minimum absolute atomic E-state index is 0.363. The highest BCUT2D eigenvalue weighted by Crippen LogP contribution is 2.22. The Morgan fingerprint density at radius 2 is 2.13 bits per heavy atom. The van der Waals surface area contributed by atoms with Crippen LogP contribution in [0, 0.1) is 5.92 Å². The monoisotopic (exact) mass is 230 g/mol. The number of hydrogen-bond donors (Lipinski definition) is 3. The quantitative estimate of drug-likeness (QED) is 0.292. The van der Waals surface area contributed by atoms with Crippen LogP contribution in [0.3, 0.4) is 0 Å². The average Bonchev–Trinajstić information content (AvgIpc) is 2.25. The minimum atomic E-state index is 0.363. The number of nitrogens with zero attached hydrogens (tertiary/aromatic N) is 1. The van der Waals surface area contributed by atoms with Gasteiger partial charge in [-0.2, -0.15) is 11.8 Å². The normalized spacial score (nSPS) is 19.3. The Kier molecular flexibility index (Phi) is 5.86. The molecule has 1 aliphatic rings. The second-order valence-electron chi connectivity index (χ2n) is 4.19. The van der Waals surface area contributed by atoms with E-state index in [1.54, 1.807) is 0 Å². The van der Waals surface area contributed by atoms with Crippen LogP contribution in [0.25, 0.3) is 0 Å². The zero-order chi connectivity index (χ0) is 11.1. The molecule has 0 bridgehead atoms. The van der Waals surface area contributed by atoms with Gasteiger partial charge in [-0.15, -0.1) is 0 Å². The van der Waals surface area contributed by atoms with Gasteiger partial charge in [0.15, 0.2) is 0 Å². The van der Waals surface area contributed by atoms with Crippen molar-refractivity contribution >= 4 is 17.7 Å². The Balaban J connectivity index is 2.31. The first-order valence-electron chi connectivity index (χ1n) is 5.57. The number of hydrogen-bond acceptors (Lipinski definition) is 3. The van der Waals surface area contributed by atoms with Gasteiger partial charge in [-0.1, -0.05) is 0 Å². The van der Waals surface area contributed by atoms with E-state index in [1.807, 2.05) is 11.8 Å². The molecule has 0 atom stereocenters. The van der Waals surface area contributed by atoms with E-state index in [2.05, 4.69) is 29.6 Å². The first kappa shape index (κ1) is 12.6. The molecule has 1 aliphatic heterocycles. The molecule has 0 aliphatic carbocycles. The molecule has 88 valence electrons. The van der Waals surface area contributed by atoms with Crippen LogP contribution in [0.4, 0.5) is 0 Å². The van der Waals surface area contributed by atoms with Gasteiger partial charge in [-0.05, 0) is 44.1 Å². The summed E-state index contributed by atoms with van der Waals surface area (Å²) in [6.07, 6.45) is 2.57. The predicted octanol–water partition coefficient (Wildman–Crippen LogP) is 0.947. The number of nitrogens with two attached hydrogens (primary N) is 1. The van der Waals surface area contributed by atoms with E-state index in [-0.39, 0.29) is 0 Å². The van der Waals surface area contributed by atoms with Crippen LogP contribution in [0.5, 0.6) is 0 Å². The molecule has 0 saturated carbocycles. The Morgan fingerprint density at radius 3 is 2.67 bits per heavy atom. The molecule has 4 N–H and O–H groups in total. The summed E-state index contributed by atoms with van der Waals surface area (Å²) in [6.45, 7) is 5.04. The van der Waals surface area contributed by atoms with Gasteiger partial charge < -0.3 is 5.32 Å². The first-order chi connectivity index (χ1) is 7.22. The third-order valence-electron chi connectivity index (χ3n) is 2.41. The first-order valence-corrected chi connectivity index (χ1v) is 6.73. The van der Waals surface area contributed by atoms with Gasteiger partial charge in [-0.25, -0.2) is 5.84 Å². The second-order valence-corrected chi connectivity index (χ2v) is 5.41. The minimum Gasteiger partial charge on any atom is -0.353 e. The lowest BCUT2D eigenvalue weighted by Crippen LogP contribution is -2.44. The van der Waals surface area contributed by atoms with Crippen molar-refractivity contribution in [2.45, 2.75) is 32.7 Å². The Hall–Kier alpha value is -0.420. The highest BCUT2D eigenvalue weighted by Gasteiger charge is 2.13. The number of rotatable bonds is 3. The molecular formula is C10H22N4S. The summed E-state index contributed by atoms with van der Waals surface area (Å²) >= 11 is 2.04. The SMILES string of the molecule is CC(C)NC(=NCC1CCSCC1)NN. The summed E-state index contributed by atoms with van der Waals surface area (Å²) in [4.78, 5) is 4.47. The van der Waals surface area contributed by atoms with Crippen LogP contribution in [0.2, 0.25) is 0 Å². The van der Waals surface area contributed by atoms with E-state index in [1.165, 1.54) is 24.3 Å². The van der Waals surface area contributed by atoms with Crippen molar-refractivity contribution in [1.82, 2.24) is 10.7 Å². The van der Waals surface area contributed by atoms with Gasteiger partial charge in [0, 0.05) is 12.6 Å². The molecule has 0 aromatic rings. The van der Waals surface area contributed by atoms with Gasteiger partial charge >= 0.3 is 0 Å². The summed E-state index contributed by atoms with van der Waals surface area (Å²) in [6, 6.07) is 0.363. The van der Waals surface area contributed by atoms with E-state index in [0.717, 1.165) is 12.5 Å². The predicted molar refractivity (Wildman–Crippen MR) is 67.9 cm³/mol. The smallest absolute Gasteiger partial charge is 0.205 e. The summed E-state index contributed by atoms with van der Waals surface area (Å²) in [5.41, 5.74) is 2.61. The molecule has 0 radical (unpaired) electrons. The lowest BCUT2D eigenvalue weighted by molar-refractivity contribution is 0.500. The topological polar surface area (TPSA) is 62.4 Å². The lowest BCUT2D eigenvalue weighted by Gasteiger charge is -2.20. The molecule has 1 fully saturated rings. The summed E-state index contributed by atoms with van der Waals surface area (Å²) in [5, 5.41) is 3.18. The fourth-order valence-electron chi connectivity index (χ4n) is 1.56. The second kappa shape index (κ2) is 6.95. The molecule has 5 heteroatoms. The molecule has 0 aromatic heterocycles. The van der Waals surface area contributed by atoms with Crippen LogP contribution in [0.1, 0.15) is 26.7 Å². The average molecular weight is 230 g/mol. The molecule has 1 saturated heterocycles. The van der Waals surface area contributed by atoms with Gasteiger partial charge in [-0.3, -0.25) is 10.4 Å². The molecule has 0 amide bonds. The molecule has 15 heavy (non-hydrogen) atoms. The Morgan fingerprint density at radius 1 is 1.47 bits per heavy atom. The highest BCUT2D eigenvalue weighted by molar-refractivity contribution is 7.99. The van der Waals surface area contributed by atoms with Crippen LogP contribution < -0.4 is 16.6 Å². The van der Waals surface area contributed by atoms with E-state index in [4.69, 9.17) is 5.84 Å². The van der Waals surface area contributed by atoms with Crippen molar-refractivity contribution in [3.05, 3.63) is 0 Å². The van der Waals surface area contributed by atoms with Crippen molar-refractivity contribution < 1.29 is 0 Å². The van der Waals surface area contributed by atoms with Crippen molar-refractivity contribution in [2.24, 2.45) is 16.8 Å². The maximum Gasteiger partial charge on any atom is 0.205 e. The molecule has 0 spiro atoms. The van der Waals surface area contributed by atoms with Gasteiger partial charge in [0.25, 0.3) is 0 Å². The standard InChI is InChI=1S/C10H22N4S/c1-8(2)13-10(14-11)12-7-9-3-5-15-6-4-9/h8-9H,3-7,11H2,1-2H3,(H2,12,13,14). The molecule has 1 rings (SSSR count). The number of thioether (sulfide) groups is 1. The van der Waals surface area contributed by atoms with E-state index in [0.29, 0.717) is 12.0 Å². The Bertz CT molecular complexity index is 200. The van der Waals surface area contributed by atoms with Gasteiger partial charge in [0.05, 0.1) is 0 Å². The summed E-state index contributed by atoms with van der Waals surface area (Å²) < 4.78 is 0. The number of hydrazine groups is 1. The number of nitrogens with one attached hydrogen (secondary N) is 2. The highest BCUT2D eigenvalue weighted by atomic mass is 32.2. The molecule has 0 unspecified atom stereocenters. The van der Waals surface area contributed by atoms with Crippen molar-refractivity contribution in [2.75, 3.05) is 18.1 Å². The van der Waals surface area contributed by atoms with Crippen LogP contribution >= 0.6 is 11.8 Å². The Labute approximate surface area is 96.4 Å². The van der Waals surface area contributed by atoms with Crippen LogP contribution in [-0.4, -0.2) is 30.1 Å².